The lowest BCUT2D eigenvalue weighted by Gasteiger charge is -2.16. The van der Waals surface area contributed by atoms with Crippen molar-refractivity contribution >= 4 is 22.7 Å². The van der Waals surface area contributed by atoms with Crippen LogP contribution in [0.25, 0.3) is 22.2 Å². The number of rotatable bonds is 5. The van der Waals surface area contributed by atoms with Crippen molar-refractivity contribution < 1.29 is 9.26 Å². The summed E-state index contributed by atoms with van der Waals surface area (Å²) in [5, 5.41) is 6.35. The fourth-order valence-corrected chi connectivity index (χ4v) is 4.11. The maximum absolute atomic E-state index is 5.80. The molecular weight excluding hydrogens is 380 g/mol. The number of ether oxygens (including phenoxy) is 1. The lowest BCUT2D eigenvalue weighted by Crippen LogP contribution is -2.13. The summed E-state index contributed by atoms with van der Waals surface area (Å²) in [5.74, 6) is 1.64. The van der Waals surface area contributed by atoms with Gasteiger partial charge in [0.2, 0.25) is 5.09 Å². The van der Waals surface area contributed by atoms with Crippen molar-refractivity contribution in [2.45, 2.75) is 37.0 Å². The molecule has 0 amide bonds. The van der Waals surface area contributed by atoms with Crippen molar-refractivity contribution in [2.24, 2.45) is 0 Å². The third kappa shape index (κ3) is 4.15. The van der Waals surface area contributed by atoms with Crippen LogP contribution >= 0.6 is 11.8 Å². The molecule has 4 nitrogen and oxygen atoms in total. The normalized spacial score (nSPS) is 11.7. The molecule has 0 saturated carbocycles. The molecule has 0 unspecified atom stereocenters. The number of hydrogen-bond acceptors (Lipinski definition) is 5. The molecule has 0 atom stereocenters. The molecule has 0 spiro atoms. The molecule has 2 aromatic carbocycles. The number of thioether (sulfide) groups is 1. The highest BCUT2D eigenvalue weighted by Crippen LogP contribution is 2.40. The Hall–Kier alpha value is -2.79. The third-order valence-corrected chi connectivity index (χ3v) is 5.77. The third-order valence-electron chi connectivity index (χ3n) is 4.75. The maximum Gasteiger partial charge on any atom is 0.203 e. The van der Waals surface area contributed by atoms with Gasteiger partial charge in [-0.25, -0.2) is 4.98 Å². The SMILES string of the molecule is COc1ccc(CSc2onc(C(C)(C)C)c2-c2ccc3ccccc3n2)cc1. The molecule has 0 radical (unpaired) electrons. The van der Waals surface area contributed by atoms with Gasteiger partial charge in [-0.05, 0) is 29.8 Å². The Bertz CT molecular complexity index is 1130. The zero-order valence-electron chi connectivity index (χ0n) is 17.1. The Morgan fingerprint density at radius 2 is 1.72 bits per heavy atom. The second-order valence-electron chi connectivity index (χ2n) is 7.97. The molecule has 0 N–H and O–H groups in total. The minimum Gasteiger partial charge on any atom is -0.497 e. The highest BCUT2D eigenvalue weighted by atomic mass is 32.2. The van der Waals surface area contributed by atoms with Crippen molar-refractivity contribution in [1.82, 2.24) is 10.1 Å². The van der Waals surface area contributed by atoms with E-state index in [1.54, 1.807) is 18.9 Å². The van der Waals surface area contributed by atoms with E-state index in [0.717, 1.165) is 44.4 Å². The van der Waals surface area contributed by atoms with E-state index < -0.39 is 0 Å². The largest absolute Gasteiger partial charge is 0.497 e. The number of hydrogen-bond donors (Lipinski definition) is 0. The summed E-state index contributed by atoms with van der Waals surface area (Å²) in [4.78, 5) is 4.90. The summed E-state index contributed by atoms with van der Waals surface area (Å²) in [6, 6.07) is 20.4. The Balaban J connectivity index is 1.71. The van der Waals surface area contributed by atoms with Gasteiger partial charge < -0.3 is 9.26 Å². The van der Waals surface area contributed by atoms with Gasteiger partial charge in [-0.2, -0.15) is 0 Å². The molecule has 4 aromatic rings. The van der Waals surface area contributed by atoms with Gasteiger partial charge in [0.25, 0.3) is 0 Å². The first-order chi connectivity index (χ1) is 14.0. The van der Waals surface area contributed by atoms with E-state index in [9.17, 15) is 0 Å². The standard InChI is InChI=1S/C24H24N2O2S/c1-24(2,3)22-21(20-14-11-17-7-5-6-8-19(17)25-20)23(28-26-22)29-15-16-9-12-18(27-4)13-10-16/h5-14H,15H2,1-4H3. The molecule has 4 rings (SSSR count). The molecule has 5 heteroatoms. The van der Waals surface area contributed by atoms with Crippen molar-refractivity contribution in [3.63, 3.8) is 0 Å². The van der Waals surface area contributed by atoms with Gasteiger partial charge in [0.05, 0.1) is 29.6 Å². The Morgan fingerprint density at radius 3 is 2.45 bits per heavy atom. The fourth-order valence-electron chi connectivity index (χ4n) is 3.19. The molecule has 0 aliphatic carbocycles. The minimum atomic E-state index is -0.148. The quantitative estimate of drug-likeness (QED) is 0.356. The molecule has 2 heterocycles. The zero-order valence-corrected chi connectivity index (χ0v) is 17.9. The van der Waals surface area contributed by atoms with Gasteiger partial charge in [0.1, 0.15) is 5.75 Å². The molecule has 29 heavy (non-hydrogen) atoms. The van der Waals surface area contributed by atoms with E-state index in [-0.39, 0.29) is 5.41 Å². The Labute approximate surface area is 175 Å². The van der Waals surface area contributed by atoms with Gasteiger partial charge in [-0.15, -0.1) is 0 Å². The topological polar surface area (TPSA) is 48.2 Å². The number of benzene rings is 2. The average Bonchev–Trinajstić information content (AvgIpc) is 3.17. The maximum atomic E-state index is 5.80. The van der Waals surface area contributed by atoms with Crippen LogP contribution in [-0.4, -0.2) is 17.3 Å². The molecule has 2 aromatic heterocycles. The van der Waals surface area contributed by atoms with Crippen LogP contribution in [0.15, 0.2) is 70.3 Å². The van der Waals surface area contributed by atoms with Gasteiger partial charge in [0, 0.05) is 16.6 Å². The molecule has 0 bridgehead atoms. The summed E-state index contributed by atoms with van der Waals surface area (Å²) < 4.78 is 11.0. The highest BCUT2D eigenvalue weighted by Gasteiger charge is 2.28. The van der Waals surface area contributed by atoms with Crippen molar-refractivity contribution in [3.8, 4) is 17.0 Å². The average molecular weight is 405 g/mol. The summed E-state index contributed by atoms with van der Waals surface area (Å²) in [7, 11) is 1.68. The molecule has 0 aliphatic rings. The molecule has 0 saturated heterocycles. The molecule has 148 valence electrons. The van der Waals surface area contributed by atoms with Crippen LogP contribution in [0.1, 0.15) is 32.0 Å². The van der Waals surface area contributed by atoms with E-state index in [0.29, 0.717) is 0 Å². The predicted octanol–water partition coefficient (Wildman–Crippen LogP) is 6.49. The van der Waals surface area contributed by atoms with Crippen LogP contribution in [0.3, 0.4) is 0 Å². The molecule has 0 fully saturated rings. The monoisotopic (exact) mass is 404 g/mol. The highest BCUT2D eigenvalue weighted by molar-refractivity contribution is 7.98. The smallest absolute Gasteiger partial charge is 0.203 e. The summed E-state index contributed by atoms with van der Waals surface area (Å²) in [6.07, 6.45) is 0. The van der Waals surface area contributed by atoms with E-state index in [4.69, 9.17) is 14.2 Å². The molecule has 0 aliphatic heterocycles. The number of nitrogens with zero attached hydrogens (tertiary/aromatic N) is 2. The fraction of sp³-hybridized carbons (Fsp3) is 0.250. The first-order valence-electron chi connectivity index (χ1n) is 9.58. The Morgan fingerprint density at radius 1 is 0.966 bits per heavy atom. The predicted molar refractivity (Wildman–Crippen MR) is 118 cm³/mol. The zero-order chi connectivity index (χ0) is 20.4. The number of para-hydroxylation sites is 1. The number of aromatic nitrogens is 2. The first-order valence-corrected chi connectivity index (χ1v) is 10.6. The van der Waals surface area contributed by atoms with E-state index in [1.165, 1.54) is 5.56 Å². The van der Waals surface area contributed by atoms with Gasteiger partial charge >= 0.3 is 0 Å². The molecular formula is C24H24N2O2S. The van der Waals surface area contributed by atoms with Crippen LogP contribution in [-0.2, 0) is 11.2 Å². The van der Waals surface area contributed by atoms with Crippen LogP contribution in [0.2, 0.25) is 0 Å². The van der Waals surface area contributed by atoms with Crippen LogP contribution in [0.5, 0.6) is 5.75 Å². The van der Waals surface area contributed by atoms with Crippen molar-refractivity contribution in [3.05, 3.63) is 71.9 Å². The lowest BCUT2D eigenvalue weighted by atomic mass is 9.88. The van der Waals surface area contributed by atoms with Gasteiger partial charge in [0.15, 0.2) is 0 Å². The van der Waals surface area contributed by atoms with Crippen molar-refractivity contribution in [1.29, 1.82) is 0 Å². The summed E-state index contributed by atoms with van der Waals surface area (Å²) in [5.41, 5.74) is 4.83. The number of fused-ring (bicyclic) bond motifs is 1. The number of pyridine rings is 1. The van der Waals surface area contributed by atoms with E-state index in [1.807, 2.05) is 30.3 Å². The van der Waals surface area contributed by atoms with Crippen LogP contribution < -0.4 is 4.74 Å². The number of methoxy groups -OCH3 is 1. The van der Waals surface area contributed by atoms with E-state index in [2.05, 4.69) is 56.3 Å². The second-order valence-corrected chi connectivity index (χ2v) is 8.92. The van der Waals surface area contributed by atoms with E-state index >= 15 is 0 Å². The second kappa shape index (κ2) is 7.91. The first kappa shape index (κ1) is 19.5. The lowest BCUT2D eigenvalue weighted by molar-refractivity contribution is 0.335. The van der Waals surface area contributed by atoms with Gasteiger partial charge in [-0.3, -0.25) is 0 Å². The minimum absolute atomic E-state index is 0.148. The summed E-state index contributed by atoms with van der Waals surface area (Å²) >= 11 is 1.64. The van der Waals surface area contributed by atoms with Crippen molar-refractivity contribution in [2.75, 3.05) is 7.11 Å². The van der Waals surface area contributed by atoms with Gasteiger partial charge in [-0.1, -0.05) is 74.1 Å². The van der Waals surface area contributed by atoms with Crippen LogP contribution in [0.4, 0.5) is 0 Å². The Kier molecular flexibility index (Phi) is 5.33. The van der Waals surface area contributed by atoms with Crippen LogP contribution in [0, 0.1) is 0 Å². The summed E-state index contributed by atoms with van der Waals surface area (Å²) in [6.45, 7) is 6.44.